The van der Waals surface area contributed by atoms with E-state index in [0.717, 1.165) is 16.7 Å². The Morgan fingerprint density at radius 1 is 0.800 bits per heavy atom. The van der Waals surface area contributed by atoms with Gasteiger partial charge in [0.15, 0.2) is 0 Å². The number of benzene rings is 3. The summed E-state index contributed by atoms with van der Waals surface area (Å²) in [5.74, 6) is 1.99. The number of hydrogen-bond donors (Lipinski definition) is 2. The molecule has 80 heavy (non-hydrogen) atoms. The molecular weight excluding hydrogens is 1090 g/mol. The summed E-state index contributed by atoms with van der Waals surface area (Å²) in [6.45, 7) is 9.85. The maximum atomic E-state index is 13.9. The molecule has 2 saturated heterocycles. The van der Waals surface area contributed by atoms with Crippen LogP contribution in [-0.4, -0.2) is 107 Å². The van der Waals surface area contributed by atoms with E-state index in [1.807, 2.05) is 107 Å². The van der Waals surface area contributed by atoms with Crippen LogP contribution < -0.4 is 31.7 Å². The number of rotatable bonds is 29. The number of methoxy groups -OCH3 is 2. The van der Waals surface area contributed by atoms with Crippen LogP contribution in [0.4, 0.5) is 5.82 Å². The molecule has 0 spiro atoms. The van der Waals surface area contributed by atoms with Crippen molar-refractivity contribution in [3.8, 4) is 23.6 Å². The van der Waals surface area contributed by atoms with Gasteiger partial charge in [-0.1, -0.05) is 68.4 Å². The third-order valence-electron chi connectivity index (χ3n) is 13.3. The van der Waals surface area contributed by atoms with Crippen molar-refractivity contribution in [1.29, 1.82) is 10.5 Å². The minimum Gasteiger partial charge on any atom is -0.497 e. The molecule has 430 valence electrons. The van der Waals surface area contributed by atoms with Gasteiger partial charge in [0.1, 0.15) is 47.6 Å². The summed E-state index contributed by atoms with van der Waals surface area (Å²) in [5, 5.41) is 22.4. The van der Waals surface area contributed by atoms with Crippen molar-refractivity contribution in [3.63, 3.8) is 0 Å². The summed E-state index contributed by atoms with van der Waals surface area (Å²) in [5.41, 5.74) is -0.484. The van der Waals surface area contributed by atoms with Crippen molar-refractivity contribution in [2.75, 3.05) is 52.5 Å². The molecule has 0 bridgehead atoms. The quantitative estimate of drug-likeness (QED) is 0.0258. The van der Waals surface area contributed by atoms with E-state index in [1.165, 1.54) is 15.3 Å². The van der Waals surface area contributed by atoms with E-state index in [4.69, 9.17) is 58.1 Å². The summed E-state index contributed by atoms with van der Waals surface area (Å²) in [7, 11) is 1.37. The molecule has 2 N–H and O–H groups in total. The van der Waals surface area contributed by atoms with Crippen molar-refractivity contribution in [2.45, 2.75) is 129 Å². The molecule has 0 amide bonds. The highest BCUT2D eigenvalue weighted by Crippen LogP contribution is 2.56. The molecule has 2 aliphatic rings. The van der Waals surface area contributed by atoms with E-state index in [2.05, 4.69) is 45.9 Å². The monoisotopic (exact) mass is 1160 g/mol. The average Bonchev–Trinajstić information content (AvgIpc) is 4.06. The molecule has 4 heterocycles. The molecule has 2 fully saturated rings. The van der Waals surface area contributed by atoms with E-state index in [0.29, 0.717) is 29.8 Å². The first kappa shape index (κ1) is 61.9. The van der Waals surface area contributed by atoms with Crippen molar-refractivity contribution < 1.29 is 46.3 Å². The van der Waals surface area contributed by atoms with Crippen molar-refractivity contribution in [1.82, 2.24) is 23.8 Å². The topological polar surface area (TPSA) is 245 Å². The second-order valence-electron chi connectivity index (χ2n) is 20.1. The molecular formula is C56H72N8O13P2S. The van der Waals surface area contributed by atoms with Crippen LogP contribution in [0, 0.1) is 35.5 Å². The van der Waals surface area contributed by atoms with Crippen LogP contribution in [0.25, 0.3) is 0 Å². The molecule has 7 rings (SSSR count). The largest absolute Gasteiger partial charge is 0.497 e. The number of aryl methyl sites for hydroxylation is 1. The van der Waals surface area contributed by atoms with E-state index >= 15 is 0 Å². The van der Waals surface area contributed by atoms with Crippen LogP contribution in [0.15, 0.2) is 112 Å². The Labute approximate surface area is 473 Å². The van der Waals surface area contributed by atoms with Crippen LogP contribution in [0.2, 0.25) is 0 Å². The summed E-state index contributed by atoms with van der Waals surface area (Å²) < 4.78 is 69.7. The lowest BCUT2D eigenvalue weighted by atomic mass is 9.80. The summed E-state index contributed by atoms with van der Waals surface area (Å²) in [6.07, 6.45) is -2.31. The fourth-order valence-electron chi connectivity index (χ4n) is 9.43. The number of H-pyrrole nitrogens is 1. The van der Waals surface area contributed by atoms with Gasteiger partial charge in [-0.2, -0.15) is 15.5 Å². The maximum Gasteiger partial charge on any atom is 0.351 e. The Kier molecular flexibility index (Phi) is 22.3. The van der Waals surface area contributed by atoms with Crippen LogP contribution in [0.3, 0.4) is 0 Å². The van der Waals surface area contributed by atoms with E-state index in [-0.39, 0.29) is 69.8 Å². The van der Waals surface area contributed by atoms with Crippen LogP contribution >= 0.6 is 15.2 Å². The molecule has 2 aliphatic heterocycles. The highest BCUT2D eigenvalue weighted by Gasteiger charge is 2.47. The molecule has 5 aromatic rings. The Morgan fingerprint density at radius 2 is 1.38 bits per heavy atom. The number of anilines is 1. The van der Waals surface area contributed by atoms with E-state index < -0.39 is 74.7 Å². The van der Waals surface area contributed by atoms with Gasteiger partial charge in [0, 0.05) is 49.4 Å². The molecule has 2 unspecified atom stereocenters. The molecule has 0 saturated carbocycles. The van der Waals surface area contributed by atoms with Gasteiger partial charge in [-0.25, -0.2) is 14.3 Å². The van der Waals surface area contributed by atoms with Gasteiger partial charge in [0.05, 0.1) is 77.8 Å². The number of hydrogen-bond acceptors (Lipinski definition) is 19. The van der Waals surface area contributed by atoms with Crippen LogP contribution in [0.1, 0.15) is 102 Å². The Balaban J connectivity index is 1.27. The highest BCUT2D eigenvalue weighted by molar-refractivity contribution is 8.07. The number of aromatic amines is 1. The molecule has 3 aromatic carbocycles. The molecule has 0 aliphatic carbocycles. The summed E-state index contributed by atoms with van der Waals surface area (Å²) in [4.78, 5) is 46.4. The van der Waals surface area contributed by atoms with E-state index in [1.54, 1.807) is 33.4 Å². The standard InChI is InChI=1S/C56H72N8O13P2S/c1-37(2)33-59-50-25-28-62(54(66)60-50)51-32-47(48(74-51)35-70-56(41-15-11-10-12-16-41,42-17-21-44(68-8)22-18-42)43-19-23-45(69-9)24-20-43)77-79(80,72-30-14-27-58)73-36-49-46(31-52(75-49)63-34-40(7)53(65)61-55(63)67)76-78(71-29-13-26-57)64(38(3)4)39(5)6/h10-12,15-25,28,34,37-39,46-49,51-52H,13-14,29-33,35-36H2,1-9H3,(H,59,60,66)(H,61,65,67)/t46-,47-,48+,49+,51+,52+,78?,79?/m0/s1. The second-order valence-corrected chi connectivity index (χ2v) is 24.5. The number of ether oxygens (including phenoxy) is 5. The zero-order valence-electron chi connectivity index (χ0n) is 46.6. The summed E-state index contributed by atoms with van der Waals surface area (Å²) >= 11 is 6.28. The lowest BCUT2D eigenvalue weighted by molar-refractivity contribution is -0.0940. The fourth-order valence-corrected chi connectivity index (χ4v) is 13.3. The van der Waals surface area contributed by atoms with Gasteiger partial charge in [0.25, 0.3) is 14.1 Å². The smallest absolute Gasteiger partial charge is 0.351 e. The molecule has 24 heteroatoms. The van der Waals surface area contributed by atoms with Crippen molar-refractivity contribution >= 4 is 32.9 Å². The van der Waals surface area contributed by atoms with Gasteiger partial charge < -0.3 is 51.6 Å². The van der Waals surface area contributed by atoms with Gasteiger partial charge in [-0.3, -0.25) is 18.9 Å². The SMILES string of the molecule is COc1ccc(C(OC[C@H]2O[C@@H](n3ccc(NCC(C)C)nc3=O)C[C@@H]2OP(=S)(OCCC#N)OC[C@H]2O[C@@H](n3cc(C)c(=O)[nH]c3=O)C[C@@H]2OP(OCCC#N)N(C(C)C)C(C)C)(c2ccccc2)c2ccc(OC)cc2)cc1. The third-order valence-corrected chi connectivity index (χ3v) is 17.8. The predicted molar refractivity (Wildman–Crippen MR) is 305 cm³/mol. The Bertz CT molecular complexity index is 3060. The minimum atomic E-state index is -3.97. The van der Waals surface area contributed by atoms with Crippen LogP contribution in [0.5, 0.6) is 11.5 Å². The first-order valence-electron chi connectivity index (χ1n) is 26.6. The lowest BCUT2D eigenvalue weighted by Crippen LogP contribution is -2.38. The van der Waals surface area contributed by atoms with Crippen LogP contribution in [-0.2, 0) is 54.2 Å². The first-order valence-corrected chi connectivity index (χ1v) is 30.2. The van der Waals surface area contributed by atoms with Crippen molar-refractivity contribution in [2.24, 2.45) is 5.92 Å². The maximum absolute atomic E-state index is 13.9. The van der Waals surface area contributed by atoms with Crippen molar-refractivity contribution in [3.05, 3.63) is 151 Å². The minimum absolute atomic E-state index is 0.0422. The predicted octanol–water partition coefficient (Wildman–Crippen LogP) is 8.99. The van der Waals surface area contributed by atoms with Gasteiger partial charge >= 0.3 is 18.1 Å². The highest BCUT2D eigenvalue weighted by atomic mass is 32.5. The fraction of sp³-hybridized carbons (Fsp3) is 0.500. The Morgan fingerprint density at radius 3 is 1.95 bits per heavy atom. The number of nitriles is 2. The second kappa shape index (κ2) is 28.8. The molecule has 2 aromatic heterocycles. The summed E-state index contributed by atoms with van der Waals surface area (Å²) in [6, 6.07) is 30.8. The number of aromatic nitrogens is 4. The van der Waals surface area contributed by atoms with E-state index in [9.17, 15) is 24.9 Å². The first-order chi connectivity index (χ1) is 38.4. The number of nitrogens with zero attached hydrogens (tertiary/aromatic N) is 6. The number of nitrogens with one attached hydrogen (secondary N) is 2. The molecule has 8 atom stereocenters. The normalized spacial score (nSPS) is 20.4. The lowest BCUT2D eigenvalue weighted by Gasteiger charge is -2.38. The zero-order chi connectivity index (χ0) is 57.6. The van der Waals surface area contributed by atoms with Gasteiger partial charge in [-0.05, 0) is 99.4 Å². The average molecular weight is 1160 g/mol. The Hall–Kier alpha value is -5.68. The zero-order valence-corrected chi connectivity index (χ0v) is 49.2. The van der Waals surface area contributed by atoms with Gasteiger partial charge in [-0.15, -0.1) is 0 Å². The molecule has 0 radical (unpaired) electrons. The molecule has 21 nitrogen and oxygen atoms in total. The van der Waals surface area contributed by atoms with Gasteiger partial charge in [0.2, 0.25) is 0 Å². The third kappa shape index (κ3) is 15.4.